The maximum atomic E-state index is 13.0. The van der Waals surface area contributed by atoms with Gasteiger partial charge in [-0.05, 0) is 24.8 Å². The van der Waals surface area contributed by atoms with Crippen LogP contribution < -0.4 is 5.56 Å². The van der Waals surface area contributed by atoms with Gasteiger partial charge in [-0.2, -0.15) is 0 Å². The van der Waals surface area contributed by atoms with Gasteiger partial charge in [-0.25, -0.2) is 0 Å². The van der Waals surface area contributed by atoms with Crippen LogP contribution in [0.15, 0.2) is 35.1 Å². The van der Waals surface area contributed by atoms with Gasteiger partial charge in [0.05, 0.1) is 5.56 Å². The number of aromatic nitrogens is 1. The summed E-state index contributed by atoms with van der Waals surface area (Å²) in [5, 5.41) is 0.753. The Morgan fingerprint density at radius 1 is 0.964 bits per heavy atom. The number of nitrogens with one attached hydrogen (secondary N) is 1. The Bertz CT molecular complexity index is 922. The topological polar surface area (TPSA) is 73.5 Å². The Labute approximate surface area is 164 Å². The second kappa shape index (κ2) is 8.17. The fraction of sp³-hybridized carbons (Fsp3) is 0.500. The van der Waals surface area contributed by atoms with E-state index in [4.69, 9.17) is 0 Å². The van der Waals surface area contributed by atoms with Crippen LogP contribution in [-0.4, -0.2) is 52.8 Å². The third-order valence-electron chi connectivity index (χ3n) is 6.09. The molecule has 2 aliphatic rings. The zero-order valence-electron chi connectivity index (χ0n) is 16.2. The normalized spacial score (nSPS) is 18.4. The van der Waals surface area contributed by atoms with E-state index in [1.165, 1.54) is 38.2 Å². The number of nitrogens with zero attached hydrogens (tertiary/aromatic N) is 2. The first-order valence-corrected chi connectivity index (χ1v) is 10.3. The van der Waals surface area contributed by atoms with E-state index in [-0.39, 0.29) is 17.4 Å². The largest absolute Gasteiger partial charge is 0.339 e. The molecule has 0 radical (unpaired) electrons. The SMILES string of the molecule is O=C(CC1CCCCC1)N1CCN(C(=O)c2cc(=O)[nH]c3ccccc23)CC1. The van der Waals surface area contributed by atoms with Crippen LogP contribution in [0, 0.1) is 5.92 Å². The highest BCUT2D eigenvalue weighted by Crippen LogP contribution is 2.27. The molecular formula is C22H27N3O3. The van der Waals surface area contributed by atoms with E-state index < -0.39 is 0 Å². The van der Waals surface area contributed by atoms with Crippen molar-refractivity contribution in [3.63, 3.8) is 0 Å². The molecule has 1 aromatic carbocycles. The van der Waals surface area contributed by atoms with Crippen LogP contribution in [-0.2, 0) is 4.79 Å². The van der Waals surface area contributed by atoms with Crippen LogP contribution in [0.1, 0.15) is 48.9 Å². The molecule has 1 aliphatic carbocycles. The number of amides is 2. The van der Waals surface area contributed by atoms with Gasteiger partial charge >= 0.3 is 0 Å². The van der Waals surface area contributed by atoms with E-state index in [1.807, 2.05) is 23.1 Å². The number of rotatable bonds is 3. The van der Waals surface area contributed by atoms with Gasteiger partial charge in [0.15, 0.2) is 0 Å². The highest BCUT2D eigenvalue weighted by molar-refractivity contribution is 6.06. The van der Waals surface area contributed by atoms with Gasteiger partial charge in [-0.3, -0.25) is 14.4 Å². The summed E-state index contributed by atoms with van der Waals surface area (Å²) in [7, 11) is 0. The number of fused-ring (bicyclic) bond motifs is 1. The lowest BCUT2D eigenvalue weighted by Crippen LogP contribution is -2.51. The summed E-state index contributed by atoms with van der Waals surface area (Å²) in [4.78, 5) is 44.0. The lowest BCUT2D eigenvalue weighted by molar-refractivity contribution is -0.133. The lowest BCUT2D eigenvalue weighted by Gasteiger charge is -2.36. The van der Waals surface area contributed by atoms with Gasteiger partial charge < -0.3 is 14.8 Å². The number of carbonyl (C=O) groups is 2. The first-order valence-electron chi connectivity index (χ1n) is 10.3. The molecule has 2 amide bonds. The molecule has 1 aromatic heterocycles. The molecule has 2 fully saturated rings. The lowest BCUT2D eigenvalue weighted by atomic mass is 9.86. The van der Waals surface area contributed by atoms with Crippen molar-refractivity contribution >= 4 is 22.7 Å². The summed E-state index contributed by atoms with van der Waals surface area (Å²) in [6.07, 6.45) is 6.75. The summed E-state index contributed by atoms with van der Waals surface area (Å²) in [5.74, 6) is 0.616. The van der Waals surface area contributed by atoms with Crippen molar-refractivity contribution in [1.29, 1.82) is 0 Å². The number of pyridine rings is 1. The number of hydrogen-bond acceptors (Lipinski definition) is 3. The van der Waals surface area contributed by atoms with E-state index in [0.717, 1.165) is 5.39 Å². The molecule has 1 saturated carbocycles. The number of H-pyrrole nitrogens is 1. The Kier molecular flexibility index (Phi) is 5.46. The van der Waals surface area contributed by atoms with Crippen LogP contribution in [0.4, 0.5) is 0 Å². The molecular weight excluding hydrogens is 354 g/mol. The molecule has 28 heavy (non-hydrogen) atoms. The Morgan fingerprint density at radius 2 is 1.64 bits per heavy atom. The third kappa shape index (κ3) is 3.96. The van der Waals surface area contributed by atoms with E-state index in [1.54, 1.807) is 11.0 Å². The Balaban J connectivity index is 1.40. The molecule has 1 N–H and O–H groups in total. The Hall–Kier alpha value is -2.63. The first-order chi connectivity index (χ1) is 13.6. The van der Waals surface area contributed by atoms with Crippen LogP contribution in [0.5, 0.6) is 0 Å². The second-order valence-electron chi connectivity index (χ2n) is 7.97. The van der Waals surface area contributed by atoms with Gasteiger partial charge in [0, 0.05) is 49.6 Å². The summed E-state index contributed by atoms with van der Waals surface area (Å²) in [6.45, 7) is 2.16. The van der Waals surface area contributed by atoms with Crippen molar-refractivity contribution in [3.05, 3.63) is 46.2 Å². The smallest absolute Gasteiger partial charge is 0.254 e. The number of carbonyl (C=O) groups excluding carboxylic acids is 2. The molecule has 0 atom stereocenters. The van der Waals surface area contributed by atoms with Crippen molar-refractivity contribution in [2.45, 2.75) is 38.5 Å². The minimum absolute atomic E-state index is 0.137. The number of benzene rings is 1. The van der Waals surface area contributed by atoms with Crippen LogP contribution in [0.3, 0.4) is 0 Å². The quantitative estimate of drug-likeness (QED) is 0.888. The summed E-state index contributed by atoms with van der Waals surface area (Å²) in [5.41, 5.74) is 0.823. The monoisotopic (exact) mass is 381 g/mol. The fourth-order valence-corrected chi connectivity index (χ4v) is 4.48. The van der Waals surface area contributed by atoms with E-state index in [9.17, 15) is 14.4 Å². The van der Waals surface area contributed by atoms with Crippen molar-refractivity contribution in [3.8, 4) is 0 Å². The molecule has 6 heteroatoms. The maximum Gasteiger partial charge on any atom is 0.254 e. The standard InChI is InChI=1S/C22H27N3O3/c26-20-15-18(17-8-4-5-9-19(17)23-20)22(28)25-12-10-24(11-13-25)21(27)14-16-6-2-1-3-7-16/h4-5,8-9,15-16H,1-3,6-7,10-14H2,(H,23,26). The maximum absolute atomic E-state index is 13.0. The summed E-state index contributed by atoms with van der Waals surface area (Å²) in [6, 6.07) is 8.73. The zero-order valence-corrected chi connectivity index (χ0v) is 16.2. The molecule has 1 aliphatic heterocycles. The number of piperazine rings is 1. The average Bonchev–Trinajstić information content (AvgIpc) is 2.73. The van der Waals surface area contributed by atoms with Crippen molar-refractivity contribution in [2.24, 2.45) is 5.92 Å². The van der Waals surface area contributed by atoms with Crippen molar-refractivity contribution in [1.82, 2.24) is 14.8 Å². The molecule has 148 valence electrons. The minimum Gasteiger partial charge on any atom is -0.339 e. The molecule has 2 heterocycles. The van der Waals surface area contributed by atoms with Gasteiger partial charge in [0.1, 0.15) is 0 Å². The van der Waals surface area contributed by atoms with Gasteiger partial charge in [-0.15, -0.1) is 0 Å². The van der Waals surface area contributed by atoms with E-state index >= 15 is 0 Å². The number of aromatic amines is 1. The molecule has 0 spiro atoms. The van der Waals surface area contributed by atoms with E-state index in [2.05, 4.69) is 4.98 Å². The molecule has 0 unspecified atom stereocenters. The second-order valence-corrected chi connectivity index (χ2v) is 7.97. The predicted molar refractivity (Wildman–Crippen MR) is 108 cm³/mol. The van der Waals surface area contributed by atoms with E-state index in [0.29, 0.717) is 49.6 Å². The summed E-state index contributed by atoms with van der Waals surface area (Å²) >= 11 is 0. The Morgan fingerprint density at radius 3 is 2.39 bits per heavy atom. The molecule has 1 saturated heterocycles. The highest BCUT2D eigenvalue weighted by atomic mass is 16.2. The fourth-order valence-electron chi connectivity index (χ4n) is 4.48. The van der Waals surface area contributed by atoms with Crippen molar-refractivity contribution < 1.29 is 9.59 Å². The molecule has 4 rings (SSSR count). The van der Waals surface area contributed by atoms with Crippen LogP contribution in [0.25, 0.3) is 10.9 Å². The van der Waals surface area contributed by atoms with Crippen LogP contribution >= 0.6 is 0 Å². The molecule has 6 nitrogen and oxygen atoms in total. The van der Waals surface area contributed by atoms with Gasteiger partial charge in [0.25, 0.3) is 5.91 Å². The number of hydrogen-bond donors (Lipinski definition) is 1. The zero-order chi connectivity index (χ0) is 19.5. The van der Waals surface area contributed by atoms with Gasteiger partial charge in [0.2, 0.25) is 11.5 Å². The highest BCUT2D eigenvalue weighted by Gasteiger charge is 2.27. The minimum atomic E-state index is -0.275. The van der Waals surface area contributed by atoms with Crippen molar-refractivity contribution in [2.75, 3.05) is 26.2 Å². The van der Waals surface area contributed by atoms with Crippen LogP contribution in [0.2, 0.25) is 0 Å². The number of para-hydroxylation sites is 1. The first kappa shape index (κ1) is 18.7. The third-order valence-corrected chi connectivity index (χ3v) is 6.09. The van der Waals surface area contributed by atoms with Gasteiger partial charge in [-0.1, -0.05) is 37.5 Å². The predicted octanol–water partition coefficient (Wildman–Crippen LogP) is 2.78. The molecule has 0 bridgehead atoms. The molecule has 2 aromatic rings. The average molecular weight is 381 g/mol. The summed E-state index contributed by atoms with van der Waals surface area (Å²) < 4.78 is 0.